The van der Waals surface area contributed by atoms with Crippen molar-refractivity contribution in [2.45, 2.75) is 49.9 Å². The molecular formula is C15H22BrNS. The van der Waals surface area contributed by atoms with Gasteiger partial charge in [-0.3, -0.25) is 0 Å². The minimum absolute atomic E-state index is 0.448. The molecule has 3 atom stereocenters. The van der Waals surface area contributed by atoms with Crippen LogP contribution in [0.4, 0.5) is 0 Å². The van der Waals surface area contributed by atoms with Crippen LogP contribution in [0.15, 0.2) is 28.7 Å². The van der Waals surface area contributed by atoms with E-state index in [1.54, 1.807) is 0 Å². The summed E-state index contributed by atoms with van der Waals surface area (Å²) in [5.41, 5.74) is 1.38. The van der Waals surface area contributed by atoms with E-state index in [4.69, 9.17) is 0 Å². The Labute approximate surface area is 123 Å². The lowest BCUT2D eigenvalue weighted by molar-refractivity contribution is 0.353. The van der Waals surface area contributed by atoms with Crippen LogP contribution < -0.4 is 5.32 Å². The molecule has 18 heavy (non-hydrogen) atoms. The summed E-state index contributed by atoms with van der Waals surface area (Å²) >= 11 is 5.52. The highest BCUT2D eigenvalue weighted by atomic mass is 79.9. The van der Waals surface area contributed by atoms with Gasteiger partial charge in [-0.1, -0.05) is 34.5 Å². The molecule has 1 aromatic rings. The van der Waals surface area contributed by atoms with Gasteiger partial charge >= 0.3 is 0 Å². The lowest BCUT2D eigenvalue weighted by Gasteiger charge is -2.31. The highest BCUT2D eigenvalue weighted by Crippen LogP contribution is 2.28. The second kappa shape index (κ2) is 6.97. The monoisotopic (exact) mass is 327 g/mol. The van der Waals surface area contributed by atoms with Gasteiger partial charge in [0.2, 0.25) is 0 Å². The third-order valence-corrected chi connectivity index (χ3v) is 5.44. The average Bonchev–Trinajstić information content (AvgIpc) is 2.39. The molecule has 0 heterocycles. The van der Waals surface area contributed by atoms with Gasteiger partial charge in [0.25, 0.3) is 0 Å². The number of nitrogens with one attached hydrogen (secondary N) is 1. The number of benzene rings is 1. The zero-order chi connectivity index (χ0) is 13.0. The zero-order valence-electron chi connectivity index (χ0n) is 11.2. The molecule has 0 radical (unpaired) electrons. The summed E-state index contributed by atoms with van der Waals surface area (Å²) in [5.74, 6) is 0. The van der Waals surface area contributed by atoms with Crippen molar-refractivity contribution in [2.75, 3.05) is 6.26 Å². The van der Waals surface area contributed by atoms with Crippen molar-refractivity contribution in [1.82, 2.24) is 5.32 Å². The number of hydrogen-bond donors (Lipinski definition) is 1. The number of rotatable bonds is 4. The van der Waals surface area contributed by atoms with E-state index in [2.05, 4.69) is 58.7 Å². The van der Waals surface area contributed by atoms with Crippen LogP contribution in [0.3, 0.4) is 0 Å². The molecule has 1 aliphatic carbocycles. The van der Waals surface area contributed by atoms with E-state index >= 15 is 0 Å². The molecule has 100 valence electrons. The van der Waals surface area contributed by atoms with Crippen molar-refractivity contribution in [1.29, 1.82) is 0 Å². The van der Waals surface area contributed by atoms with E-state index in [9.17, 15) is 0 Å². The second-order valence-electron chi connectivity index (χ2n) is 5.16. The Morgan fingerprint density at radius 2 is 2.00 bits per heavy atom. The molecular weight excluding hydrogens is 306 g/mol. The molecule has 0 spiro atoms. The molecule has 1 saturated carbocycles. The first kappa shape index (κ1) is 14.4. The molecule has 1 aliphatic rings. The smallest absolute Gasteiger partial charge is 0.0294 e. The Kier molecular flexibility index (Phi) is 5.58. The molecule has 1 N–H and O–H groups in total. The van der Waals surface area contributed by atoms with Gasteiger partial charge in [-0.2, -0.15) is 11.8 Å². The maximum atomic E-state index is 3.79. The molecule has 1 aromatic carbocycles. The van der Waals surface area contributed by atoms with Crippen LogP contribution >= 0.6 is 27.7 Å². The first-order valence-electron chi connectivity index (χ1n) is 6.73. The molecule has 0 bridgehead atoms. The molecule has 1 fully saturated rings. The first-order chi connectivity index (χ1) is 8.69. The summed E-state index contributed by atoms with van der Waals surface area (Å²) in [6, 6.07) is 9.80. The highest BCUT2D eigenvalue weighted by Gasteiger charge is 2.22. The Morgan fingerprint density at radius 3 is 2.67 bits per heavy atom. The fraction of sp³-hybridized carbons (Fsp3) is 0.600. The normalized spacial score (nSPS) is 25.9. The van der Waals surface area contributed by atoms with Gasteiger partial charge in [0.05, 0.1) is 0 Å². The van der Waals surface area contributed by atoms with Gasteiger partial charge in [-0.15, -0.1) is 0 Å². The Hall–Kier alpha value is 0.01000. The highest BCUT2D eigenvalue weighted by molar-refractivity contribution is 9.10. The van der Waals surface area contributed by atoms with Crippen LogP contribution in [0.2, 0.25) is 0 Å². The third-order valence-electron chi connectivity index (χ3n) is 3.82. The Balaban J connectivity index is 1.90. The Bertz CT molecular complexity index is 365. The van der Waals surface area contributed by atoms with Crippen LogP contribution in [0, 0.1) is 0 Å². The van der Waals surface area contributed by atoms with Gasteiger partial charge in [-0.25, -0.2) is 0 Å². The quantitative estimate of drug-likeness (QED) is 0.854. The van der Waals surface area contributed by atoms with Gasteiger partial charge in [0, 0.05) is 21.8 Å². The molecule has 1 nitrogen and oxygen atoms in total. The predicted octanol–water partition coefficient (Wildman–Crippen LogP) is 4.77. The van der Waals surface area contributed by atoms with Crippen molar-refractivity contribution in [3.63, 3.8) is 0 Å². The van der Waals surface area contributed by atoms with Gasteiger partial charge in [0.1, 0.15) is 0 Å². The van der Waals surface area contributed by atoms with Crippen molar-refractivity contribution >= 4 is 27.7 Å². The van der Waals surface area contributed by atoms with Crippen molar-refractivity contribution < 1.29 is 0 Å². The van der Waals surface area contributed by atoms with Crippen molar-refractivity contribution in [3.05, 3.63) is 34.3 Å². The lowest BCUT2D eigenvalue weighted by Crippen LogP contribution is -2.36. The van der Waals surface area contributed by atoms with Crippen LogP contribution in [-0.2, 0) is 0 Å². The zero-order valence-corrected chi connectivity index (χ0v) is 13.6. The maximum Gasteiger partial charge on any atom is 0.0294 e. The molecule has 3 unspecified atom stereocenters. The average molecular weight is 328 g/mol. The maximum absolute atomic E-state index is 3.79. The van der Waals surface area contributed by atoms with E-state index in [-0.39, 0.29) is 0 Å². The molecule has 2 rings (SSSR count). The van der Waals surface area contributed by atoms with E-state index in [0.29, 0.717) is 12.1 Å². The summed E-state index contributed by atoms with van der Waals surface area (Å²) in [6.45, 7) is 2.27. The van der Waals surface area contributed by atoms with E-state index in [0.717, 1.165) is 9.72 Å². The second-order valence-corrected chi connectivity index (χ2v) is 7.21. The summed E-state index contributed by atoms with van der Waals surface area (Å²) in [5, 5.41) is 4.65. The molecule has 0 amide bonds. The topological polar surface area (TPSA) is 12.0 Å². The number of hydrogen-bond acceptors (Lipinski definition) is 2. The standard InChI is InChI=1S/C15H22BrNS/c1-11(12-6-8-13(16)9-7-12)17-14-4-3-5-15(10-14)18-2/h6-9,11,14-15,17H,3-5,10H2,1-2H3. The SMILES string of the molecule is CSC1CCCC(NC(C)c2ccc(Br)cc2)C1. The minimum Gasteiger partial charge on any atom is -0.307 e. The lowest BCUT2D eigenvalue weighted by atomic mass is 9.93. The summed E-state index contributed by atoms with van der Waals surface area (Å²) in [6.07, 6.45) is 7.66. The minimum atomic E-state index is 0.448. The van der Waals surface area contributed by atoms with Gasteiger partial charge < -0.3 is 5.32 Å². The van der Waals surface area contributed by atoms with Crippen molar-refractivity contribution in [3.8, 4) is 0 Å². The van der Waals surface area contributed by atoms with Crippen molar-refractivity contribution in [2.24, 2.45) is 0 Å². The first-order valence-corrected chi connectivity index (χ1v) is 8.81. The fourth-order valence-corrected chi connectivity index (χ4v) is 3.80. The van der Waals surface area contributed by atoms with E-state index in [1.807, 2.05) is 11.8 Å². The van der Waals surface area contributed by atoms with Crippen LogP contribution in [0.25, 0.3) is 0 Å². The third kappa shape index (κ3) is 4.01. The number of thioether (sulfide) groups is 1. The van der Waals surface area contributed by atoms with Crippen LogP contribution in [0.1, 0.15) is 44.2 Å². The van der Waals surface area contributed by atoms with E-state index < -0.39 is 0 Å². The van der Waals surface area contributed by atoms with Gasteiger partial charge in [-0.05, 0) is 50.1 Å². The molecule has 3 heteroatoms. The summed E-state index contributed by atoms with van der Waals surface area (Å²) in [4.78, 5) is 0. The summed E-state index contributed by atoms with van der Waals surface area (Å²) in [7, 11) is 0. The van der Waals surface area contributed by atoms with Crippen LogP contribution in [-0.4, -0.2) is 17.5 Å². The van der Waals surface area contributed by atoms with Crippen LogP contribution in [0.5, 0.6) is 0 Å². The molecule has 0 aromatic heterocycles. The largest absolute Gasteiger partial charge is 0.307 e. The number of halogens is 1. The van der Waals surface area contributed by atoms with E-state index in [1.165, 1.54) is 31.2 Å². The fourth-order valence-electron chi connectivity index (χ4n) is 2.71. The molecule has 0 aliphatic heterocycles. The summed E-state index contributed by atoms with van der Waals surface area (Å²) < 4.78 is 1.15. The Morgan fingerprint density at radius 1 is 1.28 bits per heavy atom. The molecule has 0 saturated heterocycles. The predicted molar refractivity (Wildman–Crippen MR) is 85.3 cm³/mol. The van der Waals surface area contributed by atoms with Gasteiger partial charge in [0.15, 0.2) is 0 Å².